The van der Waals surface area contributed by atoms with E-state index in [9.17, 15) is 14.4 Å². The molecule has 0 bridgehead atoms. The molecule has 2 aromatic rings. The zero-order valence-electron chi connectivity index (χ0n) is 12.6. The average Bonchev–Trinajstić information content (AvgIpc) is 2.54. The molecule has 2 heterocycles. The van der Waals surface area contributed by atoms with Gasteiger partial charge in [-0.25, -0.2) is 0 Å². The van der Waals surface area contributed by atoms with Crippen molar-refractivity contribution in [1.82, 2.24) is 14.8 Å². The van der Waals surface area contributed by atoms with Crippen molar-refractivity contribution in [2.75, 3.05) is 26.2 Å². The number of rotatable bonds is 1. The van der Waals surface area contributed by atoms with Crippen LogP contribution in [0.4, 0.5) is 0 Å². The van der Waals surface area contributed by atoms with Gasteiger partial charge in [0.05, 0.1) is 5.52 Å². The number of amides is 2. The Hall–Kier alpha value is -2.34. The quantitative estimate of drug-likeness (QED) is 0.859. The second-order valence-electron chi connectivity index (χ2n) is 5.52. The predicted molar refractivity (Wildman–Crippen MR) is 87.7 cm³/mol. The molecular weight excluding hydrogens is 318 g/mol. The van der Waals surface area contributed by atoms with Crippen molar-refractivity contribution in [1.29, 1.82) is 0 Å². The summed E-state index contributed by atoms with van der Waals surface area (Å²) in [5, 5.41) is 0.954. The topological polar surface area (TPSA) is 73.5 Å². The van der Waals surface area contributed by atoms with Gasteiger partial charge >= 0.3 is 0 Å². The second kappa shape index (κ2) is 6.04. The number of carbonyl (C=O) groups excluding carboxylic acids is 2. The summed E-state index contributed by atoms with van der Waals surface area (Å²) in [6, 6.07) is 4.89. The normalized spacial score (nSPS) is 15.0. The maximum absolute atomic E-state index is 12.6. The molecule has 6 nitrogen and oxygen atoms in total. The lowest BCUT2D eigenvalue weighted by molar-refractivity contribution is -0.130. The van der Waals surface area contributed by atoms with E-state index in [2.05, 4.69) is 4.98 Å². The monoisotopic (exact) mass is 333 g/mol. The van der Waals surface area contributed by atoms with E-state index in [0.29, 0.717) is 42.1 Å². The summed E-state index contributed by atoms with van der Waals surface area (Å²) in [5.41, 5.74) is 0.394. The molecule has 2 amide bonds. The number of fused-ring (bicyclic) bond motifs is 1. The SMILES string of the molecule is CC(=O)N1CCN(C(=O)c2c[nH]c3cc(Cl)ccc3c2=O)CC1. The molecule has 7 heteroatoms. The fraction of sp³-hybridized carbons (Fsp3) is 0.312. The Morgan fingerprint density at radius 2 is 1.78 bits per heavy atom. The molecule has 23 heavy (non-hydrogen) atoms. The third-order valence-corrected chi connectivity index (χ3v) is 4.32. The lowest BCUT2D eigenvalue weighted by Gasteiger charge is -2.34. The summed E-state index contributed by atoms with van der Waals surface area (Å²) in [7, 11) is 0. The summed E-state index contributed by atoms with van der Waals surface area (Å²) < 4.78 is 0. The highest BCUT2D eigenvalue weighted by Gasteiger charge is 2.25. The number of H-pyrrole nitrogens is 1. The Bertz CT molecular complexity index is 838. The molecule has 0 radical (unpaired) electrons. The van der Waals surface area contributed by atoms with Gasteiger partial charge in [0.1, 0.15) is 5.56 Å². The molecule has 0 aliphatic carbocycles. The number of nitrogens with one attached hydrogen (secondary N) is 1. The summed E-state index contributed by atoms with van der Waals surface area (Å²) in [6.07, 6.45) is 1.43. The van der Waals surface area contributed by atoms with Crippen LogP contribution in [0.2, 0.25) is 5.02 Å². The van der Waals surface area contributed by atoms with Gasteiger partial charge in [0.15, 0.2) is 0 Å². The van der Waals surface area contributed by atoms with Gasteiger partial charge in [-0.2, -0.15) is 0 Å². The number of nitrogens with zero attached hydrogens (tertiary/aromatic N) is 2. The first-order chi connectivity index (χ1) is 11.0. The van der Waals surface area contributed by atoms with Crippen LogP contribution < -0.4 is 5.43 Å². The van der Waals surface area contributed by atoms with Crippen molar-refractivity contribution in [3.05, 3.63) is 45.2 Å². The molecule has 0 spiro atoms. The van der Waals surface area contributed by atoms with E-state index < -0.39 is 0 Å². The lowest BCUT2D eigenvalue weighted by Crippen LogP contribution is -2.50. The van der Waals surface area contributed by atoms with Crippen molar-refractivity contribution < 1.29 is 9.59 Å². The number of aromatic amines is 1. The van der Waals surface area contributed by atoms with E-state index in [0.717, 1.165) is 0 Å². The maximum Gasteiger partial charge on any atom is 0.259 e. The summed E-state index contributed by atoms with van der Waals surface area (Å²) in [4.78, 5) is 42.7. The Morgan fingerprint density at radius 3 is 2.43 bits per heavy atom. The van der Waals surface area contributed by atoms with Crippen LogP contribution in [0.15, 0.2) is 29.2 Å². The van der Waals surface area contributed by atoms with Gasteiger partial charge in [-0.05, 0) is 18.2 Å². The molecule has 1 aliphatic rings. The molecule has 1 saturated heterocycles. The molecule has 3 rings (SSSR count). The number of aromatic nitrogens is 1. The van der Waals surface area contributed by atoms with Crippen molar-refractivity contribution in [2.45, 2.75) is 6.92 Å². The van der Waals surface area contributed by atoms with Gasteiger partial charge in [0, 0.05) is 49.7 Å². The van der Waals surface area contributed by atoms with E-state index in [1.807, 2.05) is 0 Å². The Morgan fingerprint density at radius 1 is 1.13 bits per heavy atom. The molecule has 1 N–H and O–H groups in total. The van der Waals surface area contributed by atoms with Gasteiger partial charge in [-0.3, -0.25) is 14.4 Å². The number of benzene rings is 1. The number of halogens is 1. The summed E-state index contributed by atoms with van der Waals surface area (Å²) in [6.45, 7) is 3.34. The maximum atomic E-state index is 12.6. The highest BCUT2D eigenvalue weighted by atomic mass is 35.5. The van der Waals surface area contributed by atoms with Gasteiger partial charge in [-0.15, -0.1) is 0 Å². The van der Waals surface area contributed by atoms with Gasteiger partial charge in [0.2, 0.25) is 11.3 Å². The first-order valence-corrected chi connectivity index (χ1v) is 7.71. The minimum absolute atomic E-state index is 0.00229. The lowest BCUT2D eigenvalue weighted by atomic mass is 10.1. The average molecular weight is 334 g/mol. The molecule has 1 aromatic carbocycles. The minimum atomic E-state index is -0.314. The van der Waals surface area contributed by atoms with E-state index in [1.165, 1.54) is 13.1 Å². The third-order valence-electron chi connectivity index (χ3n) is 4.09. The zero-order chi connectivity index (χ0) is 16.6. The van der Waals surface area contributed by atoms with Gasteiger partial charge in [0.25, 0.3) is 5.91 Å². The third kappa shape index (κ3) is 2.94. The first kappa shape index (κ1) is 15.6. The Labute approximate surface area is 137 Å². The fourth-order valence-corrected chi connectivity index (χ4v) is 2.92. The standard InChI is InChI=1S/C16H16ClN3O3/c1-10(21)19-4-6-20(7-5-19)16(23)13-9-18-14-8-11(17)2-3-12(14)15(13)22/h2-3,8-9H,4-7H2,1H3,(H,18,22). The number of piperazine rings is 1. The summed E-state index contributed by atoms with van der Waals surface area (Å²) >= 11 is 5.90. The van der Waals surface area contributed by atoms with Crippen LogP contribution in [-0.2, 0) is 4.79 Å². The van der Waals surface area contributed by atoms with E-state index >= 15 is 0 Å². The van der Waals surface area contributed by atoms with E-state index in [-0.39, 0.29) is 22.8 Å². The smallest absolute Gasteiger partial charge is 0.259 e. The largest absolute Gasteiger partial charge is 0.360 e. The fourth-order valence-electron chi connectivity index (χ4n) is 2.75. The van der Waals surface area contributed by atoms with Crippen molar-refractivity contribution >= 4 is 34.3 Å². The Balaban J connectivity index is 1.87. The molecular formula is C16H16ClN3O3. The molecule has 0 atom stereocenters. The molecule has 0 unspecified atom stereocenters. The van der Waals surface area contributed by atoms with Crippen LogP contribution in [0.25, 0.3) is 10.9 Å². The number of hydrogen-bond donors (Lipinski definition) is 1. The molecule has 1 aromatic heterocycles. The van der Waals surface area contributed by atoms with Crippen molar-refractivity contribution in [2.24, 2.45) is 0 Å². The molecule has 1 fully saturated rings. The first-order valence-electron chi connectivity index (χ1n) is 7.33. The van der Waals surface area contributed by atoms with E-state index in [1.54, 1.807) is 28.0 Å². The van der Waals surface area contributed by atoms with Gasteiger partial charge in [-0.1, -0.05) is 11.6 Å². The second-order valence-corrected chi connectivity index (χ2v) is 5.96. The van der Waals surface area contributed by atoms with Crippen molar-refractivity contribution in [3.63, 3.8) is 0 Å². The van der Waals surface area contributed by atoms with Crippen LogP contribution in [0, 0.1) is 0 Å². The van der Waals surface area contributed by atoms with E-state index in [4.69, 9.17) is 11.6 Å². The molecule has 1 aliphatic heterocycles. The molecule has 120 valence electrons. The highest BCUT2D eigenvalue weighted by molar-refractivity contribution is 6.31. The van der Waals surface area contributed by atoms with Crippen LogP contribution >= 0.6 is 11.6 Å². The predicted octanol–water partition coefficient (Wildman–Crippen LogP) is 1.49. The number of pyridine rings is 1. The summed E-state index contributed by atoms with van der Waals surface area (Å²) in [5.74, 6) is -0.316. The van der Waals surface area contributed by atoms with Gasteiger partial charge < -0.3 is 14.8 Å². The molecule has 0 saturated carbocycles. The number of hydrogen-bond acceptors (Lipinski definition) is 3. The van der Waals surface area contributed by atoms with Crippen LogP contribution in [0.1, 0.15) is 17.3 Å². The zero-order valence-corrected chi connectivity index (χ0v) is 13.4. The van der Waals surface area contributed by atoms with Crippen LogP contribution in [0.5, 0.6) is 0 Å². The van der Waals surface area contributed by atoms with Crippen LogP contribution in [0.3, 0.4) is 0 Å². The minimum Gasteiger partial charge on any atom is -0.360 e. The van der Waals surface area contributed by atoms with Crippen molar-refractivity contribution in [3.8, 4) is 0 Å². The van der Waals surface area contributed by atoms with Crippen LogP contribution in [-0.4, -0.2) is 52.8 Å². The Kier molecular flexibility index (Phi) is 4.09. The highest BCUT2D eigenvalue weighted by Crippen LogP contribution is 2.16. The number of carbonyl (C=O) groups is 2.